The molecular formula is C12H15BrClFN2O2. The van der Waals surface area contributed by atoms with Gasteiger partial charge in [0.25, 0.3) is 5.91 Å². The molecule has 1 heterocycles. The van der Waals surface area contributed by atoms with Crippen molar-refractivity contribution in [2.24, 2.45) is 5.73 Å². The highest BCUT2D eigenvalue weighted by atomic mass is 79.9. The maximum absolute atomic E-state index is 13.3. The largest absolute Gasteiger partial charge is 0.364 e. The molecule has 0 spiro atoms. The van der Waals surface area contributed by atoms with Crippen LogP contribution in [-0.4, -0.2) is 24.7 Å². The van der Waals surface area contributed by atoms with Crippen LogP contribution in [0.15, 0.2) is 22.7 Å². The van der Waals surface area contributed by atoms with E-state index >= 15 is 0 Å². The maximum Gasteiger partial charge on any atom is 0.253 e. The Morgan fingerprint density at radius 1 is 1.53 bits per heavy atom. The summed E-state index contributed by atoms with van der Waals surface area (Å²) < 4.78 is 19.1. The minimum atomic E-state index is -0.495. The number of carbonyl (C=O) groups is 1. The summed E-state index contributed by atoms with van der Waals surface area (Å²) in [6, 6.07) is 4.43. The first kappa shape index (κ1) is 16.4. The Kier molecular flexibility index (Phi) is 6.19. The van der Waals surface area contributed by atoms with Crippen LogP contribution in [0.25, 0.3) is 0 Å². The number of benzene rings is 1. The van der Waals surface area contributed by atoms with E-state index in [1.54, 1.807) is 12.1 Å². The van der Waals surface area contributed by atoms with Gasteiger partial charge in [0.05, 0.1) is 10.6 Å². The molecule has 0 aliphatic carbocycles. The molecule has 1 aliphatic heterocycles. The van der Waals surface area contributed by atoms with Gasteiger partial charge in [-0.15, -0.1) is 12.4 Å². The van der Waals surface area contributed by atoms with Gasteiger partial charge < -0.3 is 15.8 Å². The first-order chi connectivity index (χ1) is 8.60. The van der Waals surface area contributed by atoms with Crippen LogP contribution < -0.4 is 11.1 Å². The zero-order chi connectivity index (χ0) is 13.1. The Balaban J connectivity index is 0.00000180. The molecule has 4 nitrogen and oxygen atoms in total. The Morgan fingerprint density at radius 3 is 2.84 bits per heavy atom. The first-order valence-corrected chi connectivity index (χ1v) is 6.51. The van der Waals surface area contributed by atoms with Crippen molar-refractivity contribution in [3.63, 3.8) is 0 Å². The monoisotopic (exact) mass is 352 g/mol. The molecule has 1 fully saturated rings. The lowest BCUT2D eigenvalue weighted by atomic mass is 10.2. The van der Waals surface area contributed by atoms with Crippen molar-refractivity contribution in [1.82, 2.24) is 0 Å². The number of nitrogens with one attached hydrogen (secondary N) is 1. The number of anilines is 1. The van der Waals surface area contributed by atoms with Crippen molar-refractivity contribution in [2.45, 2.75) is 25.0 Å². The molecule has 0 saturated carbocycles. The van der Waals surface area contributed by atoms with Gasteiger partial charge in [-0.25, -0.2) is 4.39 Å². The third kappa shape index (κ3) is 4.14. The zero-order valence-electron chi connectivity index (χ0n) is 10.1. The summed E-state index contributed by atoms with van der Waals surface area (Å²) in [4.78, 5) is 11.9. The summed E-state index contributed by atoms with van der Waals surface area (Å²) in [5.41, 5.74) is 5.89. The lowest BCUT2D eigenvalue weighted by molar-refractivity contribution is -0.126. The van der Waals surface area contributed by atoms with Gasteiger partial charge in [-0.3, -0.25) is 4.79 Å². The van der Waals surface area contributed by atoms with Gasteiger partial charge in [0.1, 0.15) is 11.9 Å². The molecule has 0 aromatic heterocycles. The topological polar surface area (TPSA) is 64.4 Å². The normalized spacial score (nSPS) is 21.8. The maximum atomic E-state index is 13.3. The number of amides is 1. The van der Waals surface area contributed by atoms with Crippen molar-refractivity contribution in [2.75, 3.05) is 11.9 Å². The highest BCUT2D eigenvalue weighted by Crippen LogP contribution is 2.22. The number of ether oxygens (including phenoxy) is 1. The van der Waals surface area contributed by atoms with Crippen LogP contribution in [0.4, 0.5) is 10.1 Å². The number of rotatable bonds is 3. The fourth-order valence-corrected chi connectivity index (χ4v) is 2.12. The number of hydrogen-bond donors (Lipinski definition) is 2. The van der Waals surface area contributed by atoms with Crippen LogP contribution in [0.3, 0.4) is 0 Å². The molecule has 1 amide bonds. The van der Waals surface area contributed by atoms with Gasteiger partial charge in [-0.1, -0.05) is 0 Å². The van der Waals surface area contributed by atoms with Crippen LogP contribution in [0.1, 0.15) is 12.8 Å². The molecule has 106 valence electrons. The van der Waals surface area contributed by atoms with E-state index in [4.69, 9.17) is 10.5 Å². The Labute approximate surface area is 125 Å². The SMILES string of the molecule is Cl.NC[C@H]1CC[C@@H](C(=O)Nc2ccc(Br)c(F)c2)O1. The van der Waals surface area contributed by atoms with Crippen LogP contribution in [0.2, 0.25) is 0 Å². The van der Waals surface area contributed by atoms with Crippen molar-refractivity contribution in [1.29, 1.82) is 0 Å². The first-order valence-electron chi connectivity index (χ1n) is 5.71. The average Bonchev–Trinajstić information content (AvgIpc) is 2.82. The van der Waals surface area contributed by atoms with Crippen LogP contribution in [0.5, 0.6) is 0 Å². The van der Waals surface area contributed by atoms with Gasteiger partial charge in [0.2, 0.25) is 0 Å². The molecule has 2 rings (SSSR count). The van der Waals surface area contributed by atoms with E-state index in [-0.39, 0.29) is 24.4 Å². The summed E-state index contributed by atoms with van der Waals surface area (Å²) >= 11 is 3.05. The van der Waals surface area contributed by atoms with Gasteiger partial charge >= 0.3 is 0 Å². The summed E-state index contributed by atoms with van der Waals surface area (Å²) in [5.74, 6) is -0.673. The van der Waals surface area contributed by atoms with Crippen molar-refractivity contribution < 1.29 is 13.9 Å². The minimum Gasteiger partial charge on any atom is -0.364 e. The number of carbonyl (C=O) groups excluding carboxylic acids is 1. The van der Waals surface area contributed by atoms with Crippen LogP contribution in [-0.2, 0) is 9.53 Å². The van der Waals surface area contributed by atoms with Gasteiger partial charge in [0.15, 0.2) is 0 Å². The van der Waals surface area contributed by atoms with Crippen LogP contribution in [0, 0.1) is 5.82 Å². The standard InChI is InChI=1S/C12H14BrFN2O2.ClH/c13-9-3-1-7(5-10(9)14)16-12(17)11-4-2-8(6-15)18-11;/h1,3,5,8,11H,2,4,6,15H2,(H,16,17);1H/t8-,11+;/m1./s1. The van der Waals surface area contributed by atoms with Crippen LogP contribution >= 0.6 is 28.3 Å². The number of nitrogens with two attached hydrogens (primary N) is 1. The summed E-state index contributed by atoms with van der Waals surface area (Å²) in [5, 5.41) is 2.63. The lowest BCUT2D eigenvalue weighted by Crippen LogP contribution is -2.29. The Morgan fingerprint density at radius 2 is 2.26 bits per heavy atom. The Bertz CT molecular complexity index is 461. The highest BCUT2D eigenvalue weighted by Gasteiger charge is 2.29. The molecule has 0 radical (unpaired) electrons. The fourth-order valence-electron chi connectivity index (χ4n) is 1.87. The summed E-state index contributed by atoms with van der Waals surface area (Å²) in [7, 11) is 0. The average molecular weight is 354 g/mol. The molecule has 0 unspecified atom stereocenters. The minimum absolute atomic E-state index is 0. The molecule has 19 heavy (non-hydrogen) atoms. The van der Waals surface area contributed by atoms with E-state index in [1.165, 1.54) is 6.07 Å². The predicted molar refractivity (Wildman–Crippen MR) is 76.9 cm³/mol. The highest BCUT2D eigenvalue weighted by molar-refractivity contribution is 9.10. The quantitative estimate of drug-likeness (QED) is 0.877. The second kappa shape index (κ2) is 7.19. The smallest absolute Gasteiger partial charge is 0.253 e. The predicted octanol–water partition coefficient (Wildman–Crippen LogP) is 2.45. The van der Waals surface area contributed by atoms with Crippen molar-refractivity contribution in [3.8, 4) is 0 Å². The number of halogens is 3. The lowest BCUT2D eigenvalue weighted by Gasteiger charge is -2.12. The van der Waals surface area contributed by atoms with E-state index in [1.807, 2.05) is 0 Å². The Hall–Kier alpha value is -0.690. The van der Waals surface area contributed by atoms with Gasteiger partial charge in [0, 0.05) is 12.2 Å². The summed E-state index contributed by atoms with van der Waals surface area (Å²) in [6.45, 7) is 0.413. The number of hydrogen-bond acceptors (Lipinski definition) is 3. The van der Waals surface area contributed by atoms with E-state index in [0.29, 0.717) is 23.1 Å². The zero-order valence-corrected chi connectivity index (χ0v) is 12.5. The van der Waals surface area contributed by atoms with Crippen molar-refractivity contribution >= 4 is 39.9 Å². The second-order valence-corrected chi connectivity index (χ2v) is 5.03. The fraction of sp³-hybridized carbons (Fsp3) is 0.417. The van der Waals surface area contributed by atoms with E-state index in [9.17, 15) is 9.18 Å². The molecule has 1 aromatic rings. The molecule has 2 atom stereocenters. The summed E-state index contributed by atoms with van der Waals surface area (Å²) in [6.07, 6.45) is 0.878. The third-order valence-corrected chi connectivity index (χ3v) is 3.49. The van der Waals surface area contributed by atoms with Gasteiger partial charge in [-0.2, -0.15) is 0 Å². The van der Waals surface area contributed by atoms with Gasteiger partial charge in [-0.05, 0) is 47.0 Å². The molecular weight excluding hydrogens is 338 g/mol. The molecule has 0 bridgehead atoms. The third-order valence-electron chi connectivity index (χ3n) is 2.85. The van der Waals surface area contributed by atoms with E-state index in [0.717, 1.165) is 6.42 Å². The molecule has 1 aromatic carbocycles. The van der Waals surface area contributed by atoms with E-state index < -0.39 is 11.9 Å². The molecule has 1 saturated heterocycles. The van der Waals surface area contributed by atoms with E-state index in [2.05, 4.69) is 21.2 Å². The second-order valence-electron chi connectivity index (χ2n) is 4.18. The molecule has 3 N–H and O–H groups in total. The van der Waals surface area contributed by atoms with Crippen molar-refractivity contribution in [3.05, 3.63) is 28.5 Å². The molecule has 7 heteroatoms. The molecule has 1 aliphatic rings.